The summed E-state index contributed by atoms with van der Waals surface area (Å²) in [6, 6.07) is 6.49. The van der Waals surface area contributed by atoms with E-state index in [0.717, 1.165) is 23.1 Å². The number of Topliss-reactive ketones (excluding diaryl/α,β-unsaturated/α-hetero) is 2. The summed E-state index contributed by atoms with van der Waals surface area (Å²) in [5.74, 6) is -7.54. The lowest BCUT2D eigenvalue weighted by Crippen LogP contribution is -2.64. The number of aliphatic hydroxyl groups is 3. The molecule has 0 radical (unpaired) electrons. The van der Waals surface area contributed by atoms with Crippen LogP contribution in [0.3, 0.4) is 0 Å². The fourth-order valence-electron chi connectivity index (χ4n) is 10.6. The Labute approximate surface area is 386 Å². The maximum absolute atomic E-state index is 14.5. The highest BCUT2D eigenvalue weighted by molar-refractivity contribution is 6.39. The van der Waals surface area contributed by atoms with Gasteiger partial charge in [0, 0.05) is 52.0 Å². The summed E-state index contributed by atoms with van der Waals surface area (Å²) in [7, 11) is 4.73. The smallest absolute Gasteiger partial charge is 0.329 e. The predicted molar refractivity (Wildman–Crippen MR) is 243 cm³/mol. The lowest BCUT2D eigenvalue weighted by atomic mass is 9.81. The summed E-state index contributed by atoms with van der Waals surface area (Å²) in [4.78, 5) is 58.4. The monoisotopic (exact) mass is 912 g/mol. The number of ketones is 2. The van der Waals surface area contributed by atoms with E-state index in [2.05, 4.69) is 13.0 Å². The molecule has 1 aliphatic carbocycles. The van der Waals surface area contributed by atoms with Gasteiger partial charge in [-0.1, -0.05) is 69.7 Å². The third-order valence-electron chi connectivity index (χ3n) is 14.5. The number of aliphatic hydroxyl groups excluding tert-OH is 2. The molecule has 0 aromatic heterocycles. The standard InChI is InChI=1S/C51H77NO13/c1-10-38-21-30(2)20-31(3)22-44(61-8)47-45(62-9)24-33(5)51(59,65-47)48(56)49(57)52-19-12-11-16-39(52)50(58)64-46(34(6)40(54)27-41(38)55)32(4)23-35-17-18-42(43(26-35)60-7)63-29-37-15-13-14-36(25-37)28-53/h13-15,21,23,25,31,33-35,38-40,42-47,53-54,59H,10-12,16-20,22,24,26-29H2,1-9H3. The Bertz CT molecular complexity index is 1830. The van der Waals surface area contributed by atoms with Gasteiger partial charge in [-0.05, 0) is 107 Å². The molecule has 2 bridgehead atoms. The normalized spacial score (nSPS) is 36.6. The number of benzene rings is 1. The molecule has 14 heteroatoms. The first-order valence-electron chi connectivity index (χ1n) is 23.9. The molecule has 3 aliphatic heterocycles. The van der Waals surface area contributed by atoms with Crippen molar-refractivity contribution in [3.8, 4) is 0 Å². The number of fused-ring (bicyclic) bond motifs is 3. The zero-order chi connectivity index (χ0) is 47.6. The van der Waals surface area contributed by atoms with Gasteiger partial charge in [-0.25, -0.2) is 4.79 Å². The molecule has 4 aliphatic rings. The molecule has 14 nitrogen and oxygen atoms in total. The summed E-state index contributed by atoms with van der Waals surface area (Å²) < 4.78 is 36.7. The van der Waals surface area contributed by atoms with Crippen molar-refractivity contribution in [3.63, 3.8) is 0 Å². The van der Waals surface area contributed by atoms with Gasteiger partial charge in [0.25, 0.3) is 11.7 Å². The number of carbonyl (C=O) groups is 4. The van der Waals surface area contributed by atoms with Crippen LogP contribution in [0.5, 0.6) is 0 Å². The topological polar surface area (TPSA) is 188 Å². The highest BCUT2D eigenvalue weighted by Gasteiger charge is 2.56. The van der Waals surface area contributed by atoms with Crippen LogP contribution < -0.4 is 0 Å². The average Bonchev–Trinajstić information content (AvgIpc) is 3.30. The van der Waals surface area contributed by atoms with Crippen LogP contribution in [-0.2, 0) is 60.8 Å². The Balaban J connectivity index is 1.46. The zero-order valence-corrected chi connectivity index (χ0v) is 40.2. The molecule has 0 spiro atoms. The molecule has 5 rings (SSSR count). The molecular weight excluding hydrogens is 835 g/mol. The van der Waals surface area contributed by atoms with E-state index in [0.29, 0.717) is 57.1 Å². The van der Waals surface area contributed by atoms with Crippen molar-refractivity contribution < 1.29 is 62.9 Å². The number of amides is 1. The highest BCUT2D eigenvalue weighted by Crippen LogP contribution is 2.39. The third-order valence-corrected chi connectivity index (χ3v) is 14.5. The van der Waals surface area contributed by atoms with Crippen LogP contribution in [0.1, 0.15) is 123 Å². The number of carbonyl (C=O) groups excluding carboxylic acids is 4. The second kappa shape index (κ2) is 24.1. The van der Waals surface area contributed by atoms with Crippen LogP contribution in [0.2, 0.25) is 0 Å². The van der Waals surface area contributed by atoms with Crippen LogP contribution in [0.25, 0.3) is 0 Å². The van der Waals surface area contributed by atoms with E-state index < -0.39 is 77.8 Å². The largest absolute Gasteiger partial charge is 0.456 e. The summed E-state index contributed by atoms with van der Waals surface area (Å²) in [5, 5.41) is 33.5. The number of esters is 1. The Morgan fingerprint density at radius 1 is 0.908 bits per heavy atom. The SMILES string of the molecule is CCC1C=C(C)CC(C)CC(OC)C2OC(O)(C(=O)C(=O)N3CCCCC3C(=O)OC(C(C)=CC3CCC(OCc4cccc(CO)c4)C(OC)C3)C(C)C(O)CC1=O)C(C)CC2OC. The minimum Gasteiger partial charge on any atom is -0.456 e. The Morgan fingerprint density at radius 2 is 1.60 bits per heavy atom. The fraction of sp³-hybridized carbons (Fsp3) is 0.725. The van der Waals surface area contributed by atoms with Crippen molar-refractivity contribution in [2.75, 3.05) is 27.9 Å². The van der Waals surface area contributed by atoms with Gasteiger partial charge in [-0.3, -0.25) is 14.4 Å². The molecule has 14 atom stereocenters. The van der Waals surface area contributed by atoms with Crippen LogP contribution in [0.15, 0.2) is 47.6 Å². The zero-order valence-electron chi connectivity index (χ0n) is 40.2. The molecule has 3 heterocycles. The second-order valence-corrected chi connectivity index (χ2v) is 19.4. The number of piperidine rings is 1. The van der Waals surface area contributed by atoms with Crippen molar-refractivity contribution in [3.05, 3.63) is 58.7 Å². The molecule has 3 N–H and O–H groups in total. The van der Waals surface area contributed by atoms with Crippen molar-refractivity contribution >= 4 is 23.4 Å². The third kappa shape index (κ3) is 13.0. The minimum absolute atomic E-state index is 0.00940. The number of hydrogen-bond acceptors (Lipinski definition) is 13. The summed E-state index contributed by atoms with van der Waals surface area (Å²) >= 11 is 0. The maximum atomic E-state index is 14.5. The molecule has 2 saturated heterocycles. The lowest BCUT2D eigenvalue weighted by molar-refractivity contribution is -0.302. The van der Waals surface area contributed by atoms with E-state index in [1.165, 1.54) is 19.1 Å². The van der Waals surface area contributed by atoms with Crippen molar-refractivity contribution in [1.82, 2.24) is 4.90 Å². The molecule has 1 saturated carbocycles. The molecule has 1 amide bonds. The number of rotatable bonds is 10. The van der Waals surface area contributed by atoms with E-state index in [1.54, 1.807) is 21.0 Å². The summed E-state index contributed by atoms with van der Waals surface area (Å²) in [5.41, 5.74) is 3.45. The van der Waals surface area contributed by atoms with Crippen LogP contribution in [0, 0.1) is 29.6 Å². The van der Waals surface area contributed by atoms with Gasteiger partial charge in [-0.15, -0.1) is 0 Å². The van der Waals surface area contributed by atoms with Crippen LogP contribution in [0.4, 0.5) is 0 Å². The molecule has 364 valence electrons. The van der Waals surface area contributed by atoms with E-state index in [9.17, 15) is 34.5 Å². The van der Waals surface area contributed by atoms with E-state index in [1.807, 2.05) is 51.1 Å². The minimum atomic E-state index is -2.51. The average molecular weight is 912 g/mol. The first-order valence-corrected chi connectivity index (χ1v) is 23.9. The van der Waals surface area contributed by atoms with Crippen LogP contribution in [-0.4, -0.2) is 126 Å². The first kappa shape index (κ1) is 52.6. The Kier molecular flexibility index (Phi) is 19.5. The Morgan fingerprint density at radius 3 is 2.28 bits per heavy atom. The van der Waals surface area contributed by atoms with Crippen LogP contribution >= 0.6 is 0 Å². The molecule has 1 aromatic rings. The van der Waals surface area contributed by atoms with E-state index in [-0.39, 0.29) is 62.2 Å². The molecule has 65 heavy (non-hydrogen) atoms. The van der Waals surface area contributed by atoms with Gasteiger partial charge < -0.3 is 48.6 Å². The second-order valence-electron chi connectivity index (χ2n) is 19.4. The van der Waals surface area contributed by atoms with Gasteiger partial charge >= 0.3 is 5.97 Å². The fourth-order valence-corrected chi connectivity index (χ4v) is 10.6. The van der Waals surface area contributed by atoms with Crippen molar-refractivity contribution in [2.45, 2.75) is 180 Å². The van der Waals surface area contributed by atoms with Gasteiger partial charge in [-0.2, -0.15) is 0 Å². The lowest BCUT2D eigenvalue weighted by Gasteiger charge is -2.47. The maximum Gasteiger partial charge on any atom is 0.329 e. The number of allylic oxidation sites excluding steroid dienone is 3. The number of nitrogens with zero attached hydrogens (tertiary/aromatic N) is 1. The quantitative estimate of drug-likeness (QED) is 0.137. The van der Waals surface area contributed by atoms with Gasteiger partial charge in [0.1, 0.15) is 24.0 Å². The summed E-state index contributed by atoms with van der Waals surface area (Å²) in [6.45, 7) is 11.6. The molecular formula is C51H77NO13. The van der Waals surface area contributed by atoms with Crippen molar-refractivity contribution in [2.24, 2.45) is 29.6 Å². The van der Waals surface area contributed by atoms with E-state index >= 15 is 0 Å². The molecule has 3 fully saturated rings. The van der Waals surface area contributed by atoms with Gasteiger partial charge in [0.15, 0.2) is 0 Å². The Hall–Kier alpha value is -3.34. The molecule has 1 aromatic carbocycles. The summed E-state index contributed by atoms with van der Waals surface area (Å²) in [6.07, 6.45) is 4.54. The number of cyclic esters (lactones) is 1. The highest BCUT2D eigenvalue weighted by atomic mass is 16.7. The number of ether oxygens (including phenoxy) is 6. The molecule has 14 unspecified atom stereocenters. The first-order chi connectivity index (χ1) is 31.0. The predicted octanol–water partition coefficient (Wildman–Crippen LogP) is 6.19. The van der Waals surface area contributed by atoms with Gasteiger partial charge in [0.05, 0.1) is 43.7 Å². The van der Waals surface area contributed by atoms with Gasteiger partial charge in [0.2, 0.25) is 5.79 Å². The van der Waals surface area contributed by atoms with Crippen molar-refractivity contribution in [1.29, 1.82) is 0 Å². The number of methoxy groups -OCH3 is 3. The van der Waals surface area contributed by atoms with E-state index in [4.69, 9.17) is 28.4 Å². The number of hydrogen-bond donors (Lipinski definition) is 3.